The summed E-state index contributed by atoms with van der Waals surface area (Å²) < 4.78 is 5.78. The molecule has 0 spiro atoms. The predicted octanol–water partition coefficient (Wildman–Crippen LogP) is 4.65. The van der Waals surface area contributed by atoms with Crippen molar-refractivity contribution < 1.29 is 4.74 Å². The van der Waals surface area contributed by atoms with Crippen LogP contribution in [-0.4, -0.2) is 17.5 Å². The second-order valence-electron chi connectivity index (χ2n) is 5.29. The zero-order valence-electron chi connectivity index (χ0n) is 11.2. The Morgan fingerprint density at radius 3 is 2.89 bits per heavy atom. The maximum Gasteiger partial charge on any atom is 0.0575 e. The fourth-order valence-electron chi connectivity index (χ4n) is 2.58. The first-order valence-corrected chi connectivity index (χ1v) is 7.97. The van der Waals surface area contributed by atoms with Crippen LogP contribution >= 0.6 is 15.9 Å². The minimum absolute atomic E-state index is 0.510. The van der Waals surface area contributed by atoms with Crippen LogP contribution in [0.4, 0.5) is 0 Å². The van der Waals surface area contributed by atoms with Gasteiger partial charge in [-0.1, -0.05) is 40.2 Å². The molecule has 2 rings (SSSR count). The number of ether oxygens (including phenoxy) is 1. The monoisotopic (exact) mass is 310 g/mol. The van der Waals surface area contributed by atoms with Gasteiger partial charge >= 0.3 is 0 Å². The molecule has 2 heteroatoms. The van der Waals surface area contributed by atoms with Crippen molar-refractivity contribution in [3.63, 3.8) is 0 Å². The number of halogens is 1. The molecule has 1 aromatic rings. The third-order valence-electron chi connectivity index (χ3n) is 3.78. The van der Waals surface area contributed by atoms with E-state index in [2.05, 4.69) is 47.1 Å². The molecule has 0 saturated carbocycles. The van der Waals surface area contributed by atoms with Gasteiger partial charge in [0.15, 0.2) is 0 Å². The maximum atomic E-state index is 5.78. The average Bonchev–Trinajstić information content (AvgIpc) is 2.40. The number of hydrogen-bond donors (Lipinski definition) is 0. The summed E-state index contributed by atoms with van der Waals surface area (Å²) in [5.74, 6) is 0. The van der Waals surface area contributed by atoms with Crippen LogP contribution in [-0.2, 0) is 11.2 Å². The molecule has 100 valence electrons. The van der Waals surface area contributed by atoms with Gasteiger partial charge in [-0.2, -0.15) is 0 Å². The first-order valence-electron chi connectivity index (χ1n) is 7.06. The molecule has 2 atom stereocenters. The van der Waals surface area contributed by atoms with Crippen molar-refractivity contribution in [2.45, 2.75) is 56.4 Å². The number of alkyl halides is 1. The topological polar surface area (TPSA) is 9.23 Å². The second kappa shape index (κ2) is 7.30. The lowest BCUT2D eigenvalue weighted by Crippen LogP contribution is -2.20. The lowest BCUT2D eigenvalue weighted by Gasteiger charge is -2.23. The van der Waals surface area contributed by atoms with E-state index in [4.69, 9.17) is 4.74 Å². The van der Waals surface area contributed by atoms with E-state index in [1.165, 1.54) is 43.2 Å². The van der Waals surface area contributed by atoms with Crippen LogP contribution in [0.25, 0.3) is 0 Å². The standard InChI is InChI=1S/C16H23BrO/c1-13-6-2-3-7-14(13)12-15(17)9-10-16-8-4-5-11-18-16/h2-3,6-7,15-16H,4-5,8-12H2,1H3. The van der Waals surface area contributed by atoms with Gasteiger partial charge in [-0.25, -0.2) is 0 Å². The van der Waals surface area contributed by atoms with Crippen LogP contribution in [0, 0.1) is 6.92 Å². The van der Waals surface area contributed by atoms with Crippen LogP contribution in [0.3, 0.4) is 0 Å². The molecule has 0 bridgehead atoms. The number of benzene rings is 1. The Bertz CT molecular complexity index is 358. The molecule has 1 saturated heterocycles. The van der Waals surface area contributed by atoms with Gasteiger partial charge in [-0.3, -0.25) is 0 Å². The molecule has 0 N–H and O–H groups in total. The van der Waals surface area contributed by atoms with E-state index >= 15 is 0 Å². The lowest BCUT2D eigenvalue weighted by atomic mass is 9.99. The van der Waals surface area contributed by atoms with Crippen molar-refractivity contribution in [3.8, 4) is 0 Å². The molecule has 0 aromatic heterocycles. The van der Waals surface area contributed by atoms with Gasteiger partial charge in [0.2, 0.25) is 0 Å². The summed E-state index contributed by atoms with van der Waals surface area (Å²) >= 11 is 3.82. The Kier molecular flexibility index (Phi) is 5.71. The third kappa shape index (κ3) is 4.40. The zero-order valence-corrected chi connectivity index (χ0v) is 12.8. The van der Waals surface area contributed by atoms with Gasteiger partial charge in [0.1, 0.15) is 0 Å². The first kappa shape index (κ1) is 14.1. The number of aryl methyl sites for hydroxylation is 1. The molecule has 1 fully saturated rings. The smallest absolute Gasteiger partial charge is 0.0575 e. The molecular weight excluding hydrogens is 288 g/mol. The molecular formula is C16H23BrO. The van der Waals surface area contributed by atoms with Gasteiger partial charge in [0, 0.05) is 11.4 Å². The van der Waals surface area contributed by atoms with Crippen molar-refractivity contribution in [1.82, 2.24) is 0 Å². The molecule has 1 heterocycles. The van der Waals surface area contributed by atoms with E-state index < -0.39 is 0 Å². The minimum atomic E-state index is 0.510. The molecule has 0 radical (unpaired) electrons. The van der Waals surface area contributed by atoms with Gasteiger partial charge in [-0.05, 0) is 56.6 Å². The fourth-order valence-corrected chi connectivity index (χ4v) is 3.19. The molecule has 1 aliphatic rings. The predicted molar refractivity (Wildman–Crippen MR) is 80.4 cm³/mol. The highest BCUT2D eigenvalue weighted by molar-refractivity contribution is 9.09. The summed E-state index contributed by atoms with van der Waals surface area (Å²) in [6.45, 7) is 3.16. The average molecular weight is 311 g/mol. The quantitative estimate of drug-likeness (QED) is 0.719. The Morgan fingerprint density at radius 2 is 2.17 bits per heavy atom. The van der Waals surface area contributed by atoms with E-state index in [0.29, 0.717) is 10.9 Å². The molecule has 0 amide bonds. The summed E-state index contributed by atoms with van der Waals surface area (Å²) in [6, 6.07) is 8.67. The van der Waals surface area contributed by atoms with E-state index in [0.717, 1.165) is 13.0 Å². The van der Waals surface area contributed by atoms with Crippen LogP contribution < -0.4 is 0 Å². The van der Waals surface area contributed by atoms with Crippen molar-refractivity contribution in [1.29, 1.82) is 0 Å². The SMILES string of the molecule is Cc1ccccc1CC(Br)CCC1CCCCO1. The molecule has 1 aromatic carbocycles. The van der Waals surface area contributed by atoms with Crippen molar-refractivity contribution >= 4 is 15.9 Å². The molecule has 18 heavy (non-hydrogen) atoms. The van der Waals surface area contributed by atoms with Gasteiger partial charge in [0.05, 0.1) is 6.10 Å². The summed E-state index contributed by atoms with van der Waals surface area (Å²) in [4.78, 5) is 0.573. The Hall–Kier alpha value is -0.340. The largest absolute Gasteiger partial charge is 0.378 e. The number of hydrogen-bond acceptors (Lipinski definition) is 1. The minimum Gasteiger partial charge on any atom is -0.378 e. The van der Waals surface area contributed by atoms with E-state index in [1.54, 1.807) is 0 Å². The van der Waals surface area contributed by atoms with Crippen LogP contribution in [0.1, 0.15) is 43.2 Å². The van der Waals surface area contributed by atoms with Crippen LogP contribution in [0.15, 0.2) is 24.3 Å². The molecule has 1 aliphatic heterocycles. The van der Waals surface area contributed by atoms with Crippen molar-refractivity contribution in [2.75, 3.05) is 6.61 Å². The highest BCUT2D eigenvalue weighted by Crippen LogP contribution is 2.22. The third-order valence-corrected chi connectivity index (χ3v) is 4.56. The molecule has 1 nitrogen and oxygen atoms in total. The lowest BCUT2D eigenvalue weighted by molar-refractivity contribution is 0.0102. The van der Waals surface area contributed by atoms with E-state index in [1.807, 2.05) is 0 Å². The van der Waals surface area contributed by atoms with Crippen LogP contribution in [0.2, 0.25) is 0 Å². The molecule has 2 unspecified atom stereocenters. The summed E-state index contributed by atoms with van der Waals surface area (Å²) in [5, 5.41) is 0. The normalized spacial score (nSPS) is 21.8. The summed E-state index contributed by atoms with van der Waals surface area (Å²) in [5.41, 5.74) is 2.86. The van der Waals surface area contributed by atoms with E-state index in [9.17, 15) is 0 Å². The van der Waals surface area contributed by atoms with Crippen molar-refractivity contribution in [2.24, 2.45) is 0 Å². The summed E-state index contributed by atoms with van der Waals surface area (Å²) in [7, 11) is 0. The highest BCUT2D eigenvalue weighted by Gasteiger charge is 2.16. The zero-order chi connectivity index (χ0) is 12.8. The fraction of sp³-hybridized carbons (Fsp3) is 0.625. The Balaban J connectivity index is 1.74. The van der Waals surface area contributed by atoms with Crippen molar-refractivity contribution in [3.05, 3.63) is 35.4 Å². The van der Waals surface area contributed by atoms with E-state index in [-0.39, 0.29) is 0 Å². The molecule has 0 aliphatic carbocycles. The summed E-state index contributed by atoms with van der Waals surface area (Å²) in [6.07, 6.45) is 7.88. The Labute approximate surface area is 119 Å². The van der Waals surface area contributed by atoms with Gasteiger partial charge in [0.25, 0.3) is 0 Å². The van der Waals surface area contributed by atoms with Gasteiger partial charge < -0.3 is 4.74 Å². The van der Waals surface area contributed by atoms with Crippen LogP contribution in [0.5, 0.6) is 0 Å². The number of rotatable bonds is 5. The highest BCUT2D eigenvalue weighted by atomic mass is 79.9. The second-order valence-corrected chi connectivity index (χ2v) is 6.59. The van der Waals surface area contributed by atoms with Gasteiger partial charge in [-0.15, -0.1) is 0 Å². The Morgan fingerprint density at radius 1 is 1.33 bits per heavy atom. The first-order chi connectivity index (χ1) is 8.75. The maximum absolute atomic E-state index is 5.78.